The van der Waals surface area contributed by atoms with Crippen LogP contribution in [-0.2, 0) is 0 Å². The molecule has 10 rings (SSSR count). The van der Waals surface area contributed by atoms with Crippen LogP contribution in [0.15, 0.2) is 126 Å². The van der Waals surface area contributed by atoms with E-state index in [1.54, 1.807) is 0 Å². The molecule has 0 aliphatic heterocycles. The molecular weight excluding hydrogens is 665 g/mol. The zero-order valence-electron chi connectivity index (χ0n) is 33.0. The van der Waals surface area contributed by atoms with Crippen LogP contribution in [0.1, 0.15) is 44.5 Å². The summed E-state index contributed by atoms with van der Waals surface area (Å²) in [6, 6.07) is 44.6. The molecule has 0 unspecified atom stereocenters. The number of para-hydroxylation sites is 1. The second-order valence-corrected chi connectivity index (χ2v) is 15.8. The van der Waals surface area contributed by atoms with Gasteiger partial charge in [0.1, 0.15) is 11.2 Å². The highest BCUT2D eigenvalue weighted by Gasteiger charge is 2.27. The number of hydrogen-bond donors (Lipinski definition) is 0. The molecule has 0 spiro atoms. The number of benzene rings is 9. The molecule has 0 amide bonds. The molecule has 0 bridgehead atoms. The molecular formula is C54H44O. The maximum absolute atomic E-state index is 6.52. The fourth-order valence-corrected chi connectivity index (χ4v) is 9.69. The van der Waals surface area contributed by atoms with Crippen LogP contribution in [0.4, 0.5) is 0 Å². The summed E-state index contributed by atoms with van der Waals surface area (Å²) in [5.41, 5.74) is 20.3. The van der Waals surface area contributed by atoms with Crippen molar-refractivity contribution in [3.8, 4) is 33.4 Å². The Morgan fingerprint density at radius 1 is 0.309 bits per heavy atom. The Labute approximate surface area is 322 Å². The topological polar surface area (TPSA) is 13.1 Å². The summed E-state index contributed by atoms with van der Waals surface area (Å²) in [6.45, 7) is 18.6. The standard InChI is InChI=1S/C54H44O/c1-29-31(3)35(7)50-48(33(29)5)52(39-23-20-37(21-24-39)40-26-27-43-41(28-40)25-22-38-14-9-10-15-42(38)43)49-34(6)30(2)32(4)36(8)51(49)54(50)45-17-13-19-47-53(45)44-16-11-12-18-46(44)55-47/h9-28H,1-8H3. The van der Waals surface area contributed by atoms with E-state index in [1.165, 1.54) is 126 Å². The van der Waals surface area contributed by atoms with Gasteiger partial charge in [-0.2, -0.15) is 0 Å². The van der Waals surface area contributed by atoms with Gasteiger partial charge in [-0.3, -0.25) is 0 Å². The van der Waals surface area contributed by atoms with Gasteiger partial charge in [0.2, 0.25) is 0 Å². The summed E-state index contributed by atoms with van der Waals surface area (Å²) in [4.78, 5) is 0. The zero-order chi connectivity index (χ0) is 37.9. The first kappa shape index (κ1) is 33.4. The zero-order valence-corrected chi connectivity index (χ0v) is 33.0. The monoisotopic (exact) mass is 708 g/mol. The van der Waals surface area contributed by atoms with Crippen molar-refractivity contribution in [3.05, 3.63) is 166 Å². The molecule has 0 atom stereocenters. The molecule has 1 heteroatoms. The van der Waals surface area contributed by atoms with Crippen LogP contribution in [0.5, 0.6) is 0 Å². The van der Waals surface area contributed by atoms with E-state index >= 15 is 0 Å². The van der Waals surface area contributed by atoms with Crippen LogP contribution in [0.2, 0.25) is 0 Å². The molecule has 0 saturated heterocycles. The van der Waals surface area contributed by atoms with Crippen LogP contribution in [0.25, 0.3) is 98.4 Å². The Kier molecular flexibility index (Phi) is 7.39. The second-order valence-electron chi connectivity index (χ2n) is 15.8. The number of rotatable bonds is 3. The molecule has 10 aromatic rings. The van der Waals surface area contributed by atoms with Crippen LogP contribution >= 0.6 is 0 Å². The summed E-state index contributed by atoms with van der Waals surface area (Å²) in [5.74, 6) is 0. The number of hydrogen-bond acceptors (Lipinski definition) is 1. The lowest BCUT2D eigenvalue weighted by molar-refractivity contribution is 0.669. The summed E-state index contributed by atoms with van der Waals surface area (Å²) in [7, 11) is 0. The van der Waals surface area contributed by atoms with Gasteiger partial charge in [0.15, 0.2) is 0 Å². The van der Waals surface area contributed by atoms with Gasteiger partial charge >= 0.3 is 0 Å². The molecule has 1 nitrogen and oxygen atoms in total. The largest absolute Gasteiger partial charge is 0.456 e. The number of furan rings is 1. The van der Waals surface area contributed by atoms with Gasteiger partial charge < -0.3 is 4.42 Å². The van der Waals surface area contributed by atoms with Gasteiger partial charge in [-0.25, -0.2) is 0 Å². The van der Waals surface area contributed by atoms with E-state index in [2.05, 4.69) is 177 Å². The van der Waals surface area contributed by atoms with E-state index in [0.717, 1.165) is 16.6 Å². The van der Waals surface area contributed by atoms with Gasteiger partial charge in [0.25, 0.3) is 0 Å². The molecule has 0 saturated carbocycles. The first-order valence-corrected chi connectivity index (χ1v) is 19.5. The molecule has 0 aliphatic carbocycles. The Hall–Kier alpha value is -6.18. The van der Waals surface area contributed by atoms with Gasteiger partial charge in [-0.15, -0.1) is 0 Å². The average molecular weight is 709 g/mol. The minimum absolute atomic E-state index is 0.926. The van der Waals surface area contributed by atoms with Gasteiger partial charge in [-0.05, 0) is 195 Å². The first-order chi connectivity index (χ1) is 26.6. The van der Waals surface area contributed by atoms with Gasteiger partial charge in [-0.1, -0.05) is 103 Å². The number of fused-ring (bicyclic) bond motifs is 8. The third-order valence-electron chi connectivity index (χ3n) is 13.3. The fourth-order valence-electron chi connectivity index (χ4n) is 9.69. The highest BCUT2D eigenvalue weighted by Crippen LogP contribution is 2.52. The van der Waals surface area contributed by atoms with Crippen LogP contribution < -0.4 is 0 Å². The molecule has 1 heterocycles. The lowest BCUT2D eigenvalue weighted by Crippen LogP contribution is -2.03. The highest BCUT2D eigenvalue weighted by atomic mass is 16.3. The molecule has 0 fully saturated rings. The third kappa shape index (κ3) is 4.72. The van der Waals surface area contributed by atoms with Crippen molar-refractivity contribution in [2.45, 2.75) is 55.4 Å². The van der Waals surface area contributed by atoms with Crippen molar-refractivity contribution in [1.82, 2.24) is 0 Å². The normalized spacial score (nSPS) is 12.0. The van der Waals surface area contributed by atoms with Crippen molar-refractivity contribution in [2.24, 2.45) is 0 Å². The summed E-state index contributed by atoms with van der Waals surface area (Å²) < 4.78 is 6.52. The van der Waals surface area contributed by atoms with E-state index in [1.807, 2.05) is 0 Å². The quantitative estimate of drug-likeness (QED) is 0.132. The molecule has 55 heavy (non-hydrogen) atoms. The van der Waals surface area contributed by atoms with E-state index < -0.39 is 0 Å². The van der Waals surface area contributed by atoms with Gasteiger partial charge in [0.05, 0.1) is 0 Å². The van der Waals surface area contributed by atoms with E-state index in [0.29, 0.717) is 0 Å². The average Bonchev–Trinajstić information content (AvgIpc) is 3.61. The smallest absolute Gasteiger partial charge is 0.136 e. The molecule has 266 valence electrons. The summed E-state index contributed by atoms with van der Waals surface area (Å²) >= 11 is 0. The second kappa shape index (κ2) is 12.2. The highest BCUT2D eigenvalue weighted by molar-refractivity contribution is 6.28. The maximum atomic E-state index is 6.52. The van der Waals surface area contributed by atoms with Crippen molar-refractivity contribution in [1.29, 1.82) is 0 Å². The molecule has 0 aliphatic rings. The number of aryl methyl sites for hydroxylation is 4. The molecule has 1 aromatic heterocycles. The molecule has 0 N–H and O–H groups in total. The van der Waals surface area contributed by atoms with E-state index in [4.69, 9.17) is 4.42 Å². The van der Waals surface area contributed by atoms with Gasteiger partial charge in [0, 0.05) is 10.8 Å². The Balaban J connectivity index is 1.31. The van der Waals surface area contributed by atoms with E-state index in [-0.39, 0.29) is 0 Å². The van der Waals surface area contributed by atoms with Crippen molar-refractivity contribution in [2.75, 3.05) is 0 Å². The lowest BCUT2D eigenvalue weighted by Gasteiger charge is -2.27. The van der Waals surface area contributed by atoms with E-state index in [9.17, 15) is 0 Å². The van der Waals surface area contributed by atoms with Crippen LogP contribution in [0, 0.1) is 55.4 Å². The Morgan fingerprint density at radius 3 is 1.45 bits per heavy atom. The fraction of sp³-hybridized carbons (Fsp3) is 0.148. The maximum Gasteiger partial charge on any atom is 0.136 e. The predicted octanol–water partition coefficient (Wildman–Crippen LogP) is 15.7. The van der Waals surface area contributed by atoms with Crippen LogP contribution in [-0.4, -0.2) is 0 Å². The SMILES string of the molecule is Cc1c(C)c(C)c2c(-c3cccc4oc5ccccc5c34)c3c(C)c(C)c(C)c(C)c3c(-c3ccc(-c4ccc5c(ccc6ccccc65)c4)cc3)c2c1C. The first-order valence-electron chi connectivity index (χ1n) is 19.5. The summed E-state index contributed by atoms with van der Waals surface area (Å²) in [5, 5.41) is 12.9. The molecule has 9 aromatic carbocycles. The lowest BCUT2D eigenvalue weighted by atomic mass is 9.76. The summed E-state index contributed by atoms with van der Waals surface area (Å²) in [6.07, 6.45) is 0. The minimum atomic E-state index is 0.926. The Bertz CT molecular complexity index is 3180. The molecule has 0 radical (unpaired) electrons. The predicted molar refractivity (Wildman–Crippen MR) is 238 cm³/mol. The minimum Gasteiger partial charge on any atom is -0.456 e. The third-order valence-corrected chi connectivity index (χ3v) is 13.3. The van der Waals surface area contributed by atoms with Crippen molar-refractivity contribution < 1.29 is 4.42 Å². The van der Waals surface area contributed by atoms with Crippen LogP contribution in [0.3, 0.4) is 0 Å². The van der Waals surface area contributed by atoms with Crippen molar-refractivity contribution >= 4 is 65.0 Å². The van der Waals surface area contributed by atoms with Crippen molar-refractivity contribution in [3.63, 3.8) is 0 Å². The Morgan fingerprint density at radius 2 is 0.800 bits per heavy atom.